The molecule has 4 amide bonds. The van der Waals surface area contributed by atoms with E-state index in [0.717, 1.165) is 6.42 Å². The molecule has 21 heavy (non-hydrogen) atoms. The second-order valence-electron chi connectivity index (χ2n) is 5.58. The highest BCUT2D eigenvalue weighted by Crippen LogP contribution is 2.02. The molecule has 0 bridgehead atoms. The van der Waals surface area contributed by atoms with E-state index < -0.39 is 23.9 Å². The van der Waals surface area contributed by atoms with E-state index in [-0.39, 0.29) is 6.54 Å². The van der Waals surface area contributed by atoms with Crippen molar-refractivity contribution in [2.75, 3.05) is 32.7 Å². The van der Waals surface area contributed by atoms with Gasteiger partial charge in [-0.25, -0.2) is 4.79 Å². The Labute approximate surface area is 124 Å². The van der Waals surface area contributed by atoms with Crippen LogP contribution in [-0.4, -0.2) is 61.5 Å². The number of carbonyl (C=O) groups excluding carboxylic acids is 3. The first-order chi connectivity index (χ1) is 9.90. The van der Waals surface area contributed by atoms with Crippen LogP contribution in [0.5, 0.6) is 0 Å². The largest absolute Gasteiger partial charge is 0.368 e. The summed E-state index contributed by atoms with van der Waals surface area (Å²) in [6, 6.07) is -1.03. The van der Waals surface area contributed by atoms with Crippen LogP contribution in [0.1, 0.15) is 20.3 Å². The van der Waals surface area contributed by atoms with Gasteiger partial charge >= 0.3 is 6.03 Å². The van der Waals surface area contributed by atoms with Crippen molar-refractivity contribution in [3.05, 3.63) is 0 Å². The number of rotatable bonds is 6. The summed E-state index contributed by atoms with van der Waals surface area (Å²) in [6.45, 7) is 6.25. The number of primary amides is 1. The third-order valence-electron chi connectivity index (χ3n) is 3.29. The van der Waals surface area contributed by atoms with Crippen LogP contribution in [0, 0.1) is 5.92 Å². The van der Waals surface area contributed by atoms with Gasteiger partial charge in [0.2, 0.25) is 11.8 Å². The summed E-state index contributed by atoms with van der Waals surface area (Å²) in [7, 11) is 0. The molecule has 1 heterocycles. The van der Waals surface area contributed by atoms with Crippen molar-refractivity contribution in [1.29, 1.82) is 0 Å². The standard InChI is InChI=1S/C13H25N5O3/c1-9(2)3-4-16-13(21)17-11(19)8-18-6-5-15-7-10(18)12(14)20/h9-10,15H,3-8H2,1-2H3,(H2,14,20)(H2,16,17,19,21). The molecule has 5 N–H and O–H groups in total. The lowest BCUT2D eigenvalue weighted by Crippen LogP contribution is -2.59. The summed E-state index contributed by atoms with van der Waals surface area (Å²) in [6.07, 6.45) is 0.850. The van der Waals surface area contributed by atoms with Crippen molar-refractivity contribution in [3.8, 4) is 0 Å². The van der Waals surface area contributed by atoms with Gasteiger partial charge in [-0.2, -0.15) is 0 Å². The van der Waals surface area contributed by atoms with Crippen LogP contribution in [0.3, 0.4) is 0 Å². The Morgan fingerprint density at radius 2 is 2.10 bits per heavy atom. The van der Waals surface area contributed by atoms with E-state index in [1.54, 1.807) is 4.90 Å². The normalized spacial score (nSPS) is 19.3. The minimum absolute atomic E-state index is 0.0209. The lowest BCUT2D eigenvalue weighted by Gasteiger charge is -2.33. The molecular formula is C13H25N5O3. The topological polar surface area (TPSA) is 117 Å². The number of hydrogen-bond acceptors (Lipinski definition) is 5. The Morgan fingerprint density at radius 1 is 1.38 bits per heavy atom. The van der Waals surface area contributed by atoms with Gasteiger partial charge in [0.05, 0.1) is 6.54 Å². The molecule has 1 saturated heterocycles. The van der Waals surface area contributed by atoms with E-state index in [1.165, 1.54) is 0 Å². The molecule has 8 nitrogen and oxygen atoms in total. The highest BCUT2D eigenvalue weighted by molar-refractivity contribution is 5.95. The number of imide groups is 1. The van der Waals surface area contributed by atoms with Crippen LogP contribution in [0.15, 0.2) is 0 Å². The number of nitrogens with one attached hydrogen (secondary N) is 3. The molecule has 0 aromatic rings. The molecule has 0 saturated carbocycles. The Bertz CT molecular complexity index is 386. The van der Waals surface area contributed by atoms with Crippen LogP contribution in [-0.2, 0) is 9.59 Å². The van der Waals surface area contributed by atoms with Gasteiger partial charge in [0, 0.05) is 26.2 Å². The summed E-state index contributed by atoms with van der Waals surface area (Å²) in [5.41, 5.74) is 5.30. The van der Waals surface area contributed by atoms with E-state index in [4.69, 9.17) is 5.73 Å². The number of nitrogens with two attached hydrogens (primary N) is 1. The minimum atomic E-state index is -0.520. The SMILES string of the molecule is CC(C)CCNC(=O)NC(=O)CN1CCNCC1C(N)=O. The molecule has 0 aromatic heterocycles. The van der Waals surface area contributed by atoms with E-state index >= 15 is 0 Å². The molecule has 8 heteroatoms. The Balaban J connectivity index is 2.34. The lowest BCUT2D eigenvalue weighted by molar-refractivity contribution is -0.127. The van der Waals surface area contributed by atoms with Crippen molar-refractivity contribution in [2.24, 2.45) is 11.7 Å². The van der Waals surface area contributed by atoms with Crippen molar-refractivity contribution in [1.82, 2.24) is 20.9 Å². The minimum Gasteiger partial charge on any atom is -0.368 e. The van der Waals surface area contributed by atoms with Crippen molar-refractivity contribution < 1.29 is 14.4 Å². The molecule has 1 aliphatic rings. The van der Waals surface area contributed by atoms with Gasteiger partial charge in [0.25, 0.3) is 0 Å². The van der Waals surface area contributed by atoms with Gasteiger partial charge < -0.3 is 16.4 Å². The number of piperazine rings is 1. The molecule has 0 spiro atoms. The first kappa shape index (κ1) is 17.4. The van der Waals surface area contributed by atoms with Crippen LogP contribution >= 0.6 is 0 Å². The van der Waals surface area contributed by atoms with Crippen molar-refractivity contribution >= 4 is 17.8 Å². The highest BCUT2D eigenvalue weighted by atomic mass is 16.2. The summed E-state index contributed by atoms with van der Waals surface area (Å²) < 4.78 is 0. The molecule has 0 radical (unpaired) electrons. The predicted molar refractivity (Wildman–Crippen MR) is 78.4 cm³/mol. The zero-order chi connectivity index (χ0) is 15.8. The Hall–Kier alpha value is -1.67. The Kier molecular flexibility index (Phi) is 7.10. The van der Waals surface area contributed by atoms with Gasteiger partial charge in [-0.3, -0.25) is 19.8 Å². The highest BCUT2D eigenvalue weighted by Gasteiger charge is 2.28. The Morgan fingerprint density at radius 3 is 2.71 bits per heavy atom. The number of nitrogens with zero attached hydrogens (tertiary/aromatic N) is 1. The monoisotopic (exact) mass is 299 g/mol. The van der Waals surface area contributed by atoms with E-state index in [9.17, 15) is 14.4 Å². The van der Waals surface area contributed by atoms with Gasteiger partial charge in [-0.1, -0.05) is 13.8 Å². The third kappa shape index (κ3) is 6.54. The number of amides is 4. The number of urea groups is 1. The zero-order valence-corrected chi connectivity index (χ0v) is 12.6. The third-order valence-corrected chi connectivity index (χ3v) is 3.29. The summed E-state index contributed by atoms with van der Waals surface area (Å²) in [5, 5.41) is 7.93. The summed E-state index contributed by atoms with van der Waals surface area (Å²) in [4.78, 5) is 36.3. The van der Waals surface area contributed by atoms with Crippen molar-refractivity contribution in [3.63, 3.8) is 0 Å². The molecule has 0 aliphatic carbocycles. The second-order valence-corrected chi connectivity index (χ2v) is 5.58. The lowest BCUT2D eigenvalue weighted by atomic mass is 10.1. The molecule has 120 valence electrons. The smallest absolute Gasteiger partial charge is 0.321 e. The quantitative estimate of drug-likeness (QED) is 0.482. The first-order valence-corrected chi connectivity index (χ1v) is 7.22. The van der Waals surface area contributed by atoms with Gasteiger partial charge in [-0.15, -0.1) is 0 Å². The maximum atomic E-state index is 11.8. The van der Waals surface area contributed by atoms with Crippen LogP contribution in [0.4, 0.5) is 4.79 Å². The molecule has 0 aromatic carbocycles. The zero-order valence-electron chi connectivity index (χ0n) is 12.6. The first-order valence-electron chi connectivity index (χ1n) is 7.22. The fourth-order valence-corrected chi connectivity index (χ4v) is 2.09. The van der Waals surface area contributed by atoms with Gasteiger partial charge in [0.1, 0.15) is 6.04 Å². The van der Waals surface area contributed by atoms with Crippen LogP contribution < -0.4 is 21.7 Å². The molecule has 1 rings (SSSR count). The average Bonchev–Trinajstić information content (AvgIpc) is 2.38. The second kappa shape index (κ2) is 8.58. The maximum absolute atomic E-state index is 11.8. The molecule has 1 fully saturated rings. The van der Waals surface area contributed by atoms with Gasteiger partial charge in [0.15, 0.2) is 0 Å². The molecular weight excluding hydrogens is 274 g/mol. The average molecular weight is 299 g/mol. The maximum Gasteiger partial charge on any atom is 0.321 e. The van der Waals surface area contributed by atoms with E-state index in [0.29, 0.717) is 32.1 Å². The van der Waals surface area contributed by atoms with E-state index in [2.05, 4.69) is 29.8 Å². The van der Waals surface area contributed by atoms with Crippen LogP contribution in [0.25, 0.3) is 0 Å². The molecule has 1 atom stereocenters. The predicted octanol–water partition coefficient (Wildman–Crippen LogP) is -1.38. The fraction of sp³-hybridized carbons (Fsp3) is 0.769. The van der Waals surface area contributed by atoms with Crippen LogP contribution in [0.2, 0.25) is 0 Å². The molecule has 1 unspecified atom stereocenters. The molecule has 1 aliphatic heterocycles. The summed E-state index contributed by atoms with van der Waals surface area (Å²) in [5.74, 6) is -0.431. The van der Waals surface area contributed by atoms with E-state index in [1.807, 2.05) is 0 Å². The van der Waals surface area contributed by atoms with Crippen molar-refractivity contribution in [2.45, 2.75) is 26.3 Å². The van der Waals surface area contributed by atoms with Gasteiger partial charge in [-0.05, 0) is 12.3 Å². The fourth-order valence-electron chi connectivity index (χ4n) is 2.09. The number of carbonyl (C=O) groups is 3. The number of hydrogen-bond donors (Lipinski definition) is 4. The summed E-state index contributed by atoms with van der Waals surface area (Å²) >= 11 is 0.